The number of benzene rings is 6. The van der Waals surface area contributed by atoms with Crippen LogP contribution in [0.5, 0.6) is 0 Å². The number of rotatable bonds is 4. The first kappa shape index (κ1) is 19.8. The Morgan fingerprint density at radius 2 is 0.943 bits per heavy atom. The van der Waals surface area contributed by atoms with Crippen molar-refractivity contribution in [3.63, 3.8) is 0 Å². The van der Waals surface area contributed by atoms with E-state index >= 15 is 0 Å². The van der Waals surface area contributed by atoms with Crippen molar-refractivity contribution in [2.24, 2.45) is 0 Å². The van der Waals surface area contributed by atoms with Gasteiger partial charge in [-0.2, -0.15) is 0 Å². The highest BCUT2D eigenvalue weighted by molar-refractivity contribution is 6.11. The SMILES string of the molecule is c1ccc(-c2ccc(N(c3ccccc3)c3cccc4cc5c(cc34)-c3ccccc3-5)cc2)cc1. The molecule has 0 heterocycles. The summed E-state index contributed by atoms with van der Waals surface area (Å²) in [4.78, 5) is 2.37. The van der Waals surface area contributed by atoms with Gasteiger partial charge in [-0.3, -0.25) is 0 Å². The van der Waals surface area contributed by atoms with Gasteiger partial charge < -0.3 is 4.90 Å². The van der Waals surface area contributed by atoms with Crippen LogP contribution >= 0.6 is 0 Å². The number of para-hydroxylation sites is 1. The van der Waals surface area contributed by atoms with Gasteiger partial charge in [0, 0.05) is 16.8 Å². The normalized spacial score (nSPS) is 11.4. The van der Waals surface area contributed by atoms with Gasteiger partial charge in [0.25, 0.3) is 0 Å². The molecule has 0 aliphatic heterocycles. The molecule has 6 aromatic rings. The van der Waals surface area contributed by atoms with Gasteiger partial charge in [-0.1, -0.05) is 97.1 Å². The molecule has 7 rings (SSSR count). The van der Waals surface area contributed by atoms with E-state index in [4.69, 9.17) is 0 Å². The lowest BCUT2D eigenvalue weighted by Crippen LogP contribution is -2.10. The van der Waals surface area contributed by atoms with E-state index in [-0.39, 0.29) is 0 Å². The van der Waals surface area contributed by atoms with Crippen molar-refractivity contribution in [1.29, 1.82) is 0 Å². The van der Waals surface area contributed by atoms with E-state index in [1.54, 1.807) is 0 Å². The Kier molecular flexibility index (Phi) is 4.53. The van der Waals surface area contributed by atoms with Crippen molar-refractivity contribution < 1.29 is 0 Å². The zero-order valence-corrected chi connectivity index (χ0v) is 19.2. The van der Waals surface area contributed by atoms with E-state index in [2.05, 4.69) is 144 Å². The van der Waals surface area contributed by atoms with E-state index in [1.165, 1.54) is 49.8 Å². The van der Waals surface area contributed by atoms with Crippen LogP contribution in [-0.4, -0.2) is 0 Å². The number of hydrogen-bond acceptors (Lipinski definition) is 1. The first-order valence-electron chi connectivity index (χ1n) is 12.0. The van der Waals surface area contributed by atoms with Crippen LogP contribution in [0.2, 0.25) is 0 Å². The van der Waals surface area contributed by atoms with Crippen LogP contribution in [0.3, 0.4) is 0 Å². The first-order chi connectivity index (χ1) is 17.4. The molecular formula is C34H23N. The van der Waals surface area contributed by atoms with Crippen LogP contribution < -0.4 is 4.90 Å². The minimum atomic E-state index is 1.14. The highest BCUT2D eigenvalue weighted by atomic mass is 15.1. The van der Waals surface area contributed by atoms with Crippen LogP contribution in [0.1, 0.15) is 0 Å². The summed E-state index contributed by atoms with van der Waals surface area (Å²) in [6.07, 6.45) is 0. The summed E-state index contributed by atoms with van der Waals surface area (Å²) in [5, 5.41) is 2.52. The van der Waals surface area contributed by atoms with E-state index in [0.29, 0.717) is 0 Å². The van der Waals surface area contributed by atoms with Crippen LogP contribution in [-0.2, 0) is 0 Å². The lowest BCUT2D eigenvalue weighted by molar-refractivity contribution is 1.30. The largest absolute Gasteiger partial charge is 0.310 e. The standard InChI is InChI=1S/C34H23N/c1-3-10-24(11-4-1)25-18-20-28(21-19-25)35(27-13-5-2-6-14-27)34-17-9-12-26-22-32-29-15-7-8-16-30(29)33(32)23-31(26)34/h1-23H. The van der Waals surface area contributed by atoms with Crippen LogP contribution in [0.15, 0.2) is 140 Å². The molecule has 6 aromatic carbocycles. The average molecular weight is 446 g/mol. The third kappa shape index (κ3) is 3.25. The molecule has 35 heavy (non-hydrogen) atoms. The minimum absolute atomic E-state index is 1.14. The Labute approximate surface area is 205 Å². The van der Waals surface area contributed by atoms with Crippen molar-refractivity contribution in [3.05, 3.63) is 140 Å². The fourth-order valence-corrected chi connectivity index (χ4v) is 5.28. The molecule has 0 fully saturated rings. The van der Waals surface area contributed by atoms with E-state index < -0.39 is 0 Å². The zero-order chi connectivity index (χ0) is 23.2. The second kappa shape index (κ2) is 8.00. The first-order valence-corrected chi connectivity index (χ1v) is 12.0. The third-order valence-electron chi connectivity index (χ3n) is 6.99. The van der Waals surface area contributed by atoms with Crippen molar-refractivity contribution in [2.75, 3.05) is 4.90 Å². The van der Waals surface area contributed by atoms with Gasteiger partial charge >= 0.3 is 0 Å². The molecule has 1 aliphatic carbocycles. The number of hydrogen-bond donors (Lipinski definition) is 0. The van der Waals surface area contributed by atoms with Gasteiger partial charge in [0.05, 0.1) is 5.69 Å². The summed E-state index contributed by atoms with van der Waals surface area (Å²) in [7, 11) is 0. The van der Waals surface area contributed by atoms with Crippen LogP contribution in [0.4, 0.5) is 17.1 Å². The molecular weight excluding hydrogens is 422 g/mol. The fraction of sp³-hybridized carbons (Fsp3) is 0. The summed E-state index contributed by atoms with van der Waals surface area (Å²) in [6.45, 7) is 0. The fourth-order valence-electron chi connectivity index (χ4n) is 5.28. The summed E-state index contributed by atoms with van der Waals surface area (Å²) in [6, 6.07) is 50.1. The smallest absolute Gasteiger partial charge is 0.0540 e. The molecule has 0 atom stereocenters. The van der Waals surface area contributed by atoms with Gasteiger partial charge in [0.15, 0.2) is 0 Å². The average Bonchev–Trinajstić information content (AvgIpc) is 2.93. The Balaban J connectivity index is 1.40. The molecule has 164 valence electrons. The van der Waals surface area contributed by atoms with Gasteiger partial charge in [-0.05, 0) is 81.2 Å². The molecule has 0 amide bonds. The van der Waals surface area contributed by atoms with E-state index in [1.807, 2.05) is 0 Å². The van der Waals surface area contributed by atoms with Crippen LogP contribution in [0.25, 0.3) is 44.2 Å². The van der Waals surface area contributed by atoms with Gasteiger partial charge in [-0.15, -0.1) is 0 Å². The molecule has 0 N–H and O–H groups in total. The van der Waals surface area contributed by atoms with Crippen molar-refractivity contribution in [3.8, 4) is 33.4 Å². The Morgan fingerprint density at radius 3 is 1.66 bits per heavy atom. The maximum absolute atomic E-state index is 2.37. The lowest BCUT2D eigenvalue weighted by Gasteiger charge is -2.29. The molecule has 0 radical (unpaired) electrons. The van der Waals surface area contributed by atoms with Crippen LogP contribution in [0, 0.1) is 0 Å². The van der Waals surface area contributed by atoms with Crippen molar-refractivity contribution in [2.45, 2.75) is 0 Å². The predicted molar refractivity (Wildman–Crippen MR) is 148 cm³/mol. The van der Waals surface area contributed by atoms with Crippen molar-refractivity contribution >= 4 is 27.8 Å². The molecule has 0 bridgehead atoms. The lowest BCUT2D eigenvalue weighted by atomic mass is 9.79. The molecule has 0 saturated carbocycles. The topological polar surface area (TPSA) is 3.24 Å². The second-order valence-electron chi connectivity index (χ2n) is 9.03. The minimum Gasteiger partial charge on any atom is -0.310 e. The molecule has 1 heteroatoms. The highest BCUT2D eigenvalue weighted by Gasteiger charge is 2.24. The molecule has 0 unspecified atom stereocenters. The molecule has 1 nitrogen and oxygen atoms in total. The van der Waals surface area contributed by atoms with E-state index in [9.17, 15) is 0 Å². The maximum atomic E-state index is 2.37. The molecule has 0 spiro atoms. The maximum Gasteiger partial charge on any atom is 0.0540 e. The van der Waals surface area contributed by atoms with Gasteiger partial charge in [0.2, 0.25) is 0 Å². The monoisotopic (exact) mass is 445 g/mol. The number of nitrogens with zero attached hydrogens (tertiary/aromatic N) is 1. The molecule has 1 aliphatic rings. The van der Waals surface area contributed by atoms with Gasteiger partial charge in [-0.25, -0.2) is 0 Å². The summed E-state index contributed by atoms with van der Waals surface area (Å²) >= 11 is 0. The zero-order valence-electron chi connectivity index (χ0n) is 19.2. The van der Waals surface area contributed by atoms with Crippen molar-refractivity contribution in [1.82, 2.24) is 0 Å². The summed E-state index contributed by atoms with van der Waals surface area (Å²) in [5.74, 6) is 0. The van der Waals surface area contributed by atoms with E-state index in [0.717, 1.165) is 11.4 Å². The van der Waals surface area contributed by atoms with Gasteiger partial charge in [0.1, 0.15) is 0 Å². The Bertz CT molecular complexity index is 1670. The highest BCUT2D eigenvalue weighted by Crippen LogP contribution is 2.50. The third-order valence-corrected chi connectivity index (χ3v) is 6.99. The second-order valence-corrected chi connectivity index (χ2v) is 9.03. The summed E-state index contributed by atoms with van der Waals surface area (Å²) in [5.41, 5.74) is 11.3. The summed E-state index contributed by atoms with van der Waals surface area (Å²) < 4.78 is 0. The Hall–Kier alpha value is -4.62. The Morgan fingerprint density at radius 1 is 0.371 bits per heavy atom. The number of anilines is 3. The molecule has 0 aromatic heterocycles. The predicted octanol–water partition coefficient (Wildman–Crippen LogP) is 9.62. The molecule has 0 saturated heterocycles. The quantitative estimate of drug-likeness (QED) is 0.261. The number of fused-ring (bicyclic) bond motifs is 5.